The molecular weight excluding hydrogens is 238 g/mol. The topological polar surface area (TPSA) is 74.1 Å². The standard InChI is InChI=1S/C11H15N3O2S/c1-3-4-7-14(2)17(15,16)11-6-5-10(8-12)13-9-11/h5-6,9H,3-4,7H2,1-2H3. The van der Waals surface area contributed by atoms with Crippen molar-refractivity contribution in [3.05, 3.63) is 24.0 Å². The van der Waals surface area contributed by atoms with E-state index < -0.39 is 10.0 Å². The first kappa shape index (κ1) is 13.6. The molecule has 0 saturated carbocycles. The van der Waals surface area contributed by atoms with Crippen LogP contribution in [0.15, 0.2) is 23.2 Å². The van der Waals surface area contributed by atoms with Gasteiger partial charge in [0.2, 0.25) is 10.0 Å². The van der Waals surface area contributed by atoms with Crippen molar-refractivity contribution in [3.8, 4) is 6.07 Å². The molecular formula is C11H15N3O2S. The summed E-state index contributed by atoms with van der Waals surface area (Å²) in [7, 11) is -1.93. The first-order valence-electron chi connectivity index (χ1n) is 5.35. The summed E-state index contributed by atoms with van der Waals surface area (Å²) in [6.45, 7) is 2.49. The Labute approximate surface area is 102 Å². The average molecular weight is 253 g/mol. The molecule has 1 rings (SSSR count). The summed E-state index contributed by atoms with van der Waals surface area (Å²) in [4.78, 5) is 3.88. The maximum atomic E-state index is 12.0. The molecule has 5 nitrogen and oxygen atoms in total. The summed E-state index contributed by atoms with van der Waals surface area (Å²) < 4.78 is 25.4. The molecule has 17 heavy (non-hydrogen) atoms. The van der Waals surface area contributed by atoms with E-state index in [0.717, 1.165) is 12.8 Å². The zero-order valence-corrected chi connectivity index (χ0v) is 10.7. The van der Waals surface area contributed by atoms with Gasteiger partial charge in [-0.1, -0.05) is 13.3 Å². The third-order valence-electron chi connectivity index (χ3n) is 2.39. The molecule has 0 fully saturated rings. The second-order valence-electron chi connectivity index (χ2n) is 3.67. The smallest absolute Gasteiger partial charge is 0.244 e. The minimum atomic E-state index is -3.47. The first-order valence-corrected chi connectivity index (χ1v) is 6.79. The summed E-state index contributed by atoms with van der Waals surface area (Å²) in [5.74, 6) is 0. The molecule has 1 aromatic heterocycles. The van der Waals surface area contributed by atoms with Gasteiger partial charge in [-0.3, -0.25) is 0 Å². The van der Waals surface area contributed by atoms with E-state index in [1.54, 1.807) is 7.05 Å². The van der Waals surface area contributed by atoms with Crippen LogP contribution in [-0.2, 0) is 10.0 Å². The molecule has 0 aliphatic carbocycles. The molecule has 0 aromatic carbocycles. The quantitative estimate of drug-likeness (QED) is 0.794. The van der Waals surface area contributed by atoms with Crippen molar-refractivity contribution in [2.24, 2.45) is 0 Å². The van der Waals surface area contributed by atoms with Crippen molar-refractivity contribution in [2.75, 3.05) is 13.6 Å². The molecule has 0 atom stereocenters. The van der Waals surface area contributed by atoms with Crippen LogP contribution in [0.3, 0.4) is 0 Å². The van der Waals surface area contributed by atoms with Crippen LogP contribution in [0.25, 0.3) is 0 Å². The van der Waals surface area contributed by atoms with Gasteiger partial charge in [0.15, 0.2) is 0 Å². The lowest BCUT2D eigenvalue weighted by atomic mass is 10.3. The van der Waals surface area contributed by atoms with Gasteiger partial charge in [0.05, 0.1) is 0 Å². The maximum absolute atomic E-state index is 12.0. The van der Waals surface area contributed by atoms with Gasteiger partial charge in [-0.2, -0.15) is 5.26 Å². The number of nitrogens with zero attached hydrogens (tertiary/aromatic N) is 3. The number of pyridine rings is 1. The Balaban J connectivity index is 2.93. The predicted molar refractivity (Wildman–Crippen MR) is 63.7 cm³/mol. The molecule has 0 amide bonds. The molecule has 0 radical (unpaired) electrons. The monoisotopic (exact) mass is 253 g/mol. The second kappa shape index (κ2) is 5.75. The number of rotatable bonds is 5. The van der Waals surface area contributed by atoms with E-state index in [9.17, 15) is 8.42 Å². The summed E-state index contributed by atoms with van der Waals surface area (Å²) >= 11 is 0. The van der Waals surface area contributed by atoms with Gasteiger partial charge in [-0.05, 0) is 18.6 Å². The highest BCUT2D eigenvalue weighted by atomic mass is 32.2. The van der Waals surface area contributed by atoms with Crippen LogP contribution in [0.2, 0.25) is 0 Å². The SMILES string of the molecule is CCCCN(C)S(=O)(=O)c1ccc(C#N)nc1. The van der Waals surface area contributed by atoms with Crippen LogP contribution in [0.1, 0.15) is 25.5 Å². The van der Waals surface area contributed by atoms with E-state index >= 15 is 0 Å². The van der Waals surface area contributed by atoms with Gasteiger partial charge in [0.1, 0.15) is 16.7 Å². The number of aromatic nitrogens is 1. The van der Waals surface area contributed by atoms with Crippen LogP contribution < -0.4 is 0 Å². The van der Waals surface area contributed by atoms with Crippen LogP contribution in [0.5, 0.6) is 0 Å². The fourth-order valence-electron chi connectivity index (χ4n) is 1.28. The van der Waals surface area contributed by atoms with E-state index in [1.165, 1.54) is 22.6 Å². The van der Waals surface area contributed by atoms with Gasteiger partial charge in [0, 0.05) is 19.8 Å². The minimum absolute atomic E-state index is 0.120. The van der Waals surface area contributed by atoms with E-state index in [0.29, 0.717) is 6.54 Å². The molecule has 0 saturated heterocycles. The number of nitriles is 1. The Morgan fingerprint density at radius 1 is 1.47 bits per heavy atom. The van der Waals surface area contributed by atoms with Crippen LogP contribution in [0, 0.1) is 11.3 Å². The van der Waals surface area contributed by atoms with Gasteiger partial charge >= 0.3 is 0 Å². The zero-order chi connectivity index (χ0) is 12.9. The van der Waals surface area contributed by atoms with Gasteiger partial charge in [0.25, 0.3) is 0 Å². The summed E-state index contributed by atoms with van der Waals surface area (Å²) in [6.07, 6.45) is 2.97. The highest BCUT2D eigenvalue weighted by Gasteiger charge is 2.20. The number of hydrogen-bond donors (Lipinski definition) is 0. The maximum Gasteiger partial charge on any atom is 0.244 e. The molecule has 0 N–H and O–H groups in total. The Bertz CT molecular complexity index is 503. The largest absolute Gasteiger partial charge is 0.244 e. The number of unbranched alkanes of at least 4 members (excludes halogenated alkanes) is 1. The lowest BCUT2D eigenvalue weighted by Crippen LogP contribution is -2.28. The number of hydrogen-bond acceptors (Lipinski definition) is 4. The summed E-state index contributed by atoms with van der Waals surface area (Å²) in [6, 6.07) is 4.66. The fourth-order valence-corrected chi connectivity index (χ4v) is 2.44. The Morgan fingerprint density at radius 3 is 2.65 bits per heavy atom. The molecule has 0 spiro atoms. The minimum Gasteiger partial charge on any atom is -0.244 e. The molecule has 92 valence electrons. The zero-order valence-electron chi connectivity index (χ0n) is 9.92. The highest BCUT2D eigenvalue weighted by Crippen LogP contribution is 2.13. The van der Waals surface area contributed by atoms with Crippen molar-refractivity contribution in [1.82, 2.24) is 9.29 Å². The van der Waals surface area contributed by atoms with Crippen molar-refractivity contribution in [1.29, 1.82) is 5.26 Å². The van der Waals surface area contributed by atoms with Crippen LogP contribution >= 0.6 is 0 Å². The molecule has 1 heterocycles. The fraction of sp³-hybridized carbons (Fsp3) is 0.455. The Morgan fingerprint density at radius 2 is 2.18 bits per heavy atom. The first-order chi connectivity index (χ1) is 8.02. The average Bonchev–Trinajstić information content (AvgIpc) is 2.35. The third kappa shape index (κ3) is 3.25. The van der Waals surface area contributed by atoms with Gasteiger partial charge < -0.3 is 0 Å². The lowest BCUT2D eigenvalue weighted by Gasteiger charge is -2.16. The molecule has 0 aliphatic rings. The van der Waals surface area contributed by atoms with E-state index in [-0.39, 0.29) is 10.6 Å². The third-order valence-corrected chi connectivity index (χ3v) is 4.23. The predicted octanol–water partition coefficient (Wildman–Crippen LogP) is 1.37. The second-order valence-corrected chi connectivity index (χ2v) is 5.72. The lowest BCUT2D eigenvalue weighted by molar-refractivity contribution is 0.459. The van der Waals surface area contributed by atoms with Crippen LogP contribution in [-0.4, -0.2) is 31.3 Å². The van der Waals surface area contributed by atoms with Gasteiger partial charge in [-0.25, -0.2) is 17.7 Å². The molecule has 0 bridgehead atoms. The normalized spacial score (nSPS) is 11.4. The van der Waals surface area contributed by atoms with E-state index in [2.05, 4.69) is 4.98 Å². The summed E-state index contributed by atoms with van der Waals surface area (Å²) in [5.41, 5.74) is 0.208. The van der Waals surface area contributed by atoms with E-state index in [1.807, 2.05) is 13.0 Å². The Kier molecular flexibility index (Phi) is 4.61. The molecule has 1 aromatic rings. The van der Waals surface area contributed by atoms with Gasteiger partial charge in [-0.15, -0.1) is 0 Å². The van der Waals surface area contributed by atoms with Crippen molar-refractivity contribution < 1.29 is 8.42 Å². The molecule has 0 unspecified atom stereocenters. The van der Waals surface area contributed by atoms with Crippen molar-refractivity contribution >= 4 is 10.0 Å². The summed E-state index contributed by atoms with van der Waals surface area (Å²) in [5, 5.41) is 8.58. The van der Waals surface area contributed by atoms with E-state index in [4.69, 9.17) is 5.26 Å². The Hall–Kier alpha value is -1.45. The van der Waals surface area contributed by atoms with Crippen LogP contribution in [0.4, 0.5) is 0 Å². The number of sulfonamides is 1. The van der Waals surface area contributed by atoms with Crippen molar-refractivity contribution in [2.45, 2.75) is 24.7 Å². The molecule has 6 heteroatoms. The highest BCUT2D eigenvalue weighted by molar-refractivity contribution is 7.89. The molecule has 0 aliphatic heterocycles. The van der Waals surface area contributed by atoms with Crippen molar-refractivity contribution in [3.63, 3.8) is 0 Å².